The Morgan fingerprint density at radius 1 is 1.03 bits per heavy atom. The fourth-order valence-electron chi connectivity index (χ4n) is 2.78. The second-order valence-corrected chi connectivity index (χ2v) is 6.37. The first-order chi connectivity index (χ1) is 14.1. The molecule has 0 bridgehead atoms. The number of methoxy groups -OCH3 is 1. The molecule has 1 aromatic heterocycles. The number of nitrogens with one attached hydrogen (secondary N) is 2. The number of anilines is 2. The van der Waals surface area contributed by atoms with Crippen LogP contribution in [0.1, 0.15) is 33.3 Å². The van der Waals surface area contributed by atoms with Crippen LogP contribution in [0.25, 0.3) is 0 Å². The number of aromatic nitrogens is 2. The van der Waals surface area contributed by atoms with Crippen molar-refractivity contribution in [2.24, 2.45) is 0 Å². The van der Waals surface area contributed by atoms with Crippen LogP contribution >= 0.6 is 0 Å². The third-order valence-electron chi connectivity index (χ3n) is 4.30. The molecule has 0 fully saturated rings. The quantitative estimate of drug-likeness (QED) is 0.573. The molecule has 2 N–H and O–H groups in total. The van der Waals surface area contributed by atoms with Gasteiger partial charge in [-0.3, -0.25) is 9.59 Å². The zero-order valence-corrected chi connectivity index (χ0v) is 16.3. The van der Waals surface area contributed by atoms with Crippen molar-refractivity contribution in [3.8, 4) is 5.75 Å². The Morgan fingerprint density at radius 3 is 2.59 bits per heavy atom. The molecule has 7 nitrogen and oxygen atoms in total. The lowest BCUT2D eigenvalue weighted by molar-refractivity contribution is 0.0947. The summed E-state index contributed by atoms with van der Waals surface area (Å²) >= 11 is 0. The first-order valence-electron chi connectivity index (χ1n) is 9.17. The van der Waals surface area contributed by atoms with Crippen LogP contribution in [0.2, 0.25) is 0 Å². The lowest BCUT2D eigenvalue weighted by Gasteiger charge is -2.09. The molecular weight excluding hydrogens is 368 g/mol. The summed E-state index contributed by atoms with van der Waals surface area (Å²) in [6.45, 7) is 1.97. The van der Waals surface area contributed by atoms with Crippen molar-refractivity contribution >= 4 is 23.2 Å². The maximum absolute atomic E-state index is 12.3. The minimum atomic E-state index is -0.294. The standard InChI is InChI=1S/C22H22N4O3/c1-15(27)17-7-5-8-18(12-17)26-21-14-24-19(13-25-21)22(28)23-11-10-16-6-3-4-9-20(16)29-2/h3-9,12-14H,10-11H2,1-2H3,(H,23,28)(H,25,26). The lowest BCUT2D eigenvalue weighted by Crippen LogP contribution is -2.26. The van der Waals surface area contributed by atoms with Gasteiger partial charge in [0.25, 0.3) is 5.91 Å². The smallest absolute Gasteiger partial charge is 0.271 e. The molecule has 0 saturated heterocycles. The second-order valence-electron chi connectivity index (χ2n) is 6.37. The number of ether oxygens (including phenoxy) is 1. The van der Waals surface area contributed by atoms with Crippen LogP contribution in [-0.2, 0) is 6.42 Å². The van der Waals surface area contributed by atoms with E-state index in [1.165, 1.54) is 19.3 Å². The number of carbonyl (C=O) groups is 2. The molecule has 7 heteroatoms. The van der Waals surface area contributed by atoms with E-state index in [1.807, 2.05) is 30.3 Å². The highest BCUT2D eigenvalue weighted by Gasteiger charge is 2.09. The summed E-state index contributed by atoms with van der Waals surface area (Å²) in [7, 11) is 1.62. The van der Waals surface area contributed by atoms with E-state index in [9.17, 15) is 9.59 Å². The van der Waals surface area contributed by atoms with Gasteiger partial charge in [0.05, 0.1) is 19.5 Å². The Morgan fingerprint density at radius 2 is 1.86 bits per heavy atom. The van der Waals surface area contributed by atoms with Gasteiger partial charge in [-0.2, -0.15) is 0 Å². The van der Waals surface area contributed by atoms with Crippen molar-refractivity contribution in [2.45, 2.75) is 13.3 Å². The number of hydrogen-bond donors (Lipinski definition) is 2. The lowest BCUT2D eigenvalue weighted by atomic mass is 10.1. The highest BCUT2D eigenvalue weighted by atomic mass is 16.5. The van der Waals surface area contributed by atoms with Crippen LogP contribution in [0.4, 0.5) is 11.5 Å². The Balaban J connectivity index is 1.56. The van der Waals surface area contributed by atoms with Crippen molar-refractivity contribution in [3.05, 3.63) is 77.7 Å². The van der Waals surface area contributed by atoms with Gasteiger partial charge in [0.2, 0.25) is 0 Å². The number of Topliss-reactive ketones (excluding diaryl/α,β-unsaturated/α-hetero) is 1. The molecule has 0 spiro atoms. The molecule has 0 radical (unpaired) electrons. The van der Waals surface area contributed by atoms with Crippen LogP contribution in [0, 0.1) is 0 Å². The topological polar surface area (TPSA) is 93.2 Å². The molecule has 3 rings (SSSR count). The predicted molar refractivity (Wildman–Crippen MR) is 111 cm³/mol. The molecule has 2 aromatic carbocycles. The number of ketones is 1. The largest absolute Gasteiger partial charge is 0.496 e. The number of carbonyl (C=O) groups excluding carboxylic acids is 2. The average Bonchev–Trinajstić information content (AvgIpc) is 2.74. The highest BCUT2D eigenvalue weighted by molar-refractivity contribution is 5.95. The van der Waals surface area contributed by atoms with E-state index in [-0.39, 0.29) is 17.4 Å². The zero-order chi connectivity index (χ0) is 20.6. The molecule has 0 aliphatic carbocycles. The maximum Gasteiger partial charge on any atom is 0.271 e. The summed E-state index contributed by atoms with van der Waals surface area (Å²) in [5.74, 6) is 0.972. The van der Waals surface area contributed by atoms with Gasteiger partial charge >= 0.3 is 0 Å². The number of rotatable bonds is 8. The van der Waals surface area contributed by atoms with Gasteiger partial charge in [-0.15, -0.1) is 0 Å². The Hall–Kier alpha value is -3.74. The number of hydrogen-bond acceptors (Lipinski definition) is 6. The molecule has 0 atom stereocenters. The molecule has 29 heavy (non-hydrogen) atoms. The fraction of sp³-hybridized carbons (Fsp3) is 0.182. The SMILES string of the molecule is COc1ccccc1CCNC(=O)c1cnc(Nc2cccc(C(C)=O)c2)cn1. The minimum Gasteiger partial charge on any atom is -0.496 e. The number of benzene rings is 2. The van der Waals surface area contributed by atoms with E-state index >= 15 is 0 Å². The van der Waals surface area contributed by atoms with Gasteiger partial charge in [-0.1, -0.05) is 30.3 Å². The van der Waals surface area contributed by atoms with Crippen molar-refractivity contribution < 1.29 is 14.3 Å². The predicted octanol–water partition coefficient (Wildman–Crippen LogP) is 3.40. The Kier molecular flexibility index (Phi) is 6.52. The van der Waals surface area contributed by atoms with E-state index in [4.69, 9.17) is 4.74 Å². The Labute approximate surface area is 169 Å². The summed E-state index contributed by atoms with van der Waals surface area (Å²) in [6.07, 6.45) is 3.54. The van der Waals surface area contributed by atoms with E-state index in [1.54, 1.807) is 25.3 Å². The van der Waals surface area contributed by atoms with Gasteiger partial charge in [0.15, 0.2) is 5.78 Å². The molecule has 1 amide bonds. The number of amides is 1. The van der Waals surface area contributed by atoms with Crippen molar-refractivity contribution in [1.29, 1.82) is 0 Å². The van der Waals surface area contributed by atoms with E-state index in [0.29, 0.717) is 24.3 Å². The summed E-state index contributed by atoms with van der Waals surface area (Å²) in [6, 6.07) is 14.8. The molecule has 0 aliphatic heterocycles. The van der Waals surface area contributed by atoms with Crippen LogP contribution in [0.3, 0.4) is 0 Å². The van der Waals surface area contributed by atoms with Crippen LogP contribution in [-0.4, -0.2) is 35.3 Å². The van der Waals surface area contributed by atoms with E-state index in [2.05, 4.69) is 20.6 Å². The molecule has 0 aliphatic rings. The molecular formula is C22H22N4O3. The highest BCUT2D eigenvalue weighted by Crippen LogP contribution is 2.18. The molecule has 3 aromatic rings. The Bertz CT molecular complexity index is 1000. The summed E-state index contributed by atoms with van der Waals surface area (Å²) in [5.41, 5.74) is 2.58. The second kappa shape index (κ2) is 9.45. The third kappa shape index (κ3) is 5.38. The van der Waals surface area contributed by atoms with E-state index < -0.39 is 0 Å². The number of para-hydroxylation sites is 1. The molecule has 1 heterocycles. The maximum atomic E-state index is 12.3. The van der Waals surface area contributed by atoms with Gasteiger partial charge in [0, 0.05) is 17.8 Å². The molecule has 0 saturated carbocycles. The first-order valence-corrected chi connectivity index (χ1v) is 9.17. The third-order valence-corrected chi connectivity index (χ3v) is 4.30. The van der Waals surface area contributed by atoms with Gasteiger partial charge in [-0.25, -0.2) is 9.97 Å². The van der Waals surface area contributed by atoms with Crippen molar-refractivity contribution in [3.63, 3.8) is 0 Å². The van der Waals surface area contributed by atoms with Crippen LogP contribution in [0.15, 0.2) is 60.9 Å². The van der Waals surface area contributed by atoms with E-state index in [0.717, 1.165) is 17.0 Å². The van der Waals surface area contributed by atoms with Gasteiger partial charge < -0.3 is 15.4 Å². The fourth-order valence-corrected chi connectivity index (χ4v) is 2.78. The van der Waals surface area contributed by atoms with Gasteiger partial charge in [0.1, 0.15) is 17.3 Å². The molecule has 148 valence electrons. The average molecular weight is 390 g/mol. The summed E-state index contributed by atoms with van der Waals surface area (Å²) in [5, 5.41) is 5.90. The molecule has 0 unspecified atom stereocenters. The van der Waals surface area contributed by atoms with Gasteiger partial charge in [-0.05, 0) is 37.1 Å². The summed E-state index contributed by atoms with van der Waals surface area (Å²) < 4.78 is 5.31. The monoisotopic (exact) mass is 390 g/mol. The van der Waals surface area contributed by atoms with Crippen LogP contribution < -0.4 is 15.4 Å². The first kappa shape index (κ1) is 20.0. The zero-order valence-electron chi connectivity index (χ0n) is 16.3. The van der Waals surface area contributed by atoms with Crippen LogP contribution in [0.5, 0.6) is 5.75 Å². The minimum absolute atomic E-state index is 0.0140. The van der Waals surface area contributed by atoms with Crippen molar-refractivity contribution in [1.82, 2.24) is 15.3 Å². The normalized spacial score (nSPS) is 10.3. The number of nitrogens with zero attached hydrogens (tertiary/aromatic N) is 2. The van der Waals surface area contributed by atoms with Crippen molar-refractivity contribution in [2.75, 3.05) is 19.0 Å². The summed E-state index contributed by atoms with van der Waals surface area (Å²) in [4.78, 5) is 32.1.